The molecule has 2 amide bonds. The molecule has 198 valence electrons. The van der Waals surface area contributed by atoms with Crippen LogP contribution in [0, 0.1) is 0 Å². The van der Waals surface area contributed by atoms with Crippen molar-refractivity contribution in [3.63, 3.8) is 0 Å². The molecule has 0 bridgehead atoms. The van der Waals surface area contributed by atoms with E-state index in [2.05, 4.69) is 10.2 Å². The molecule has 1 saturated heterocycles. The van der Waals surface area contributed by atoms with E-state index in [0.29, 0.717) is 48.7 Å². The Labute approximate surface area is 223 Å². The molecule has 3 aromatic carbocycles. The van der Waals surface area contributed by atoms with Gasteiger partial charge >= 0.3 is 5.97 Å². The Hall–Kier alpha value is -4.33. The lowest BCUT2D eigenvalue weighted by Gasteiger charge is -2.37. The van der Waals surface area contributed by atoms with Gasteiger partial charge in [0.1, 0.15) is 5.75 Å². The summed E-state index contributed by atoms with van der Waals surface area (Å²) in [4.78, 5) is 42.6. The van der Waals surface area contributed by atoms with E-state index in [9.17, 15) is 14.4 Å². The van der Waals surface area contributed by atoms with E-state index in [1.165, 1.54) is 0 Å². The number of benzene rings is 3. The second-order valence-electron chi connectivity index (χ2n) is 9.48. The third-order valence-corrected chi connectivity index (χ3v) is 6.35. The molecule has 0 spiro atoms. The minimum Gasteiger partial charge on any atom is -0.478 e. The molecule has 38 heavy (non-hydrogen) atoms. The number of amides is 2. The van der Waals surface area contributed by atoms with Crippen molar-refractivity contribution in [3.8, 4) is 5.75 Å². The van der Waals surface area contributed by atoms with Crippen molar-refractivity contribution < 1.29 is 23.9 Å². The van der Waals surface area contributed by atoms with Crippen molar-refractivity contribution in [3.05, 3.63) is 90.0 Å². The van der Waals surface area contributed by atoms with Crippen LogP contribution in [-0.2, 0) is 9.53 Å². The predicted octanol–water partition coefficient (Wildman–Crippen LogP) is 4.62. The SMILES string of the molecule is CCOC(=O)c1ccc(N2CCN(C(=O)c3ccccc3)CC2)c(NC(=O)C(C)(C)Oc2ccccc2)c1. The third-order valence-electron chi connectivity index (χ3n) is 6.35. The number of hydrogen-bond donors (Lipinski definition) is 1. The third kappa shape index (κ3) is 6.32. The minimum atomic E-state index is -1.18. The van der Waals surface area contributed by atoms with Gasteiger partial charge < -0.3 is 24.6 Å². The Bertz CT molecular complexity index is 1270. The molecule has 0 aliphatic carbocycles. The second-order valence-corrected chi connectivity index (χ2v) is 9.48. The van der Waals surface area contributed by atoms with Crippen molar-refractivity contribution in [1.29, 1.82) is 0 Å². The number of nitrogens with zero attached hydrogens (tertiary/aromatic N) is 2. The highest BCUT2D eigenvalue weighted by Crippen LogP contribution is 2.30. The van der Waals surface area contributed by atoms with Gasteiger partial charge in [0.15, 0.2) is 5.60 Å². The average Bonchev–Trinajstić information content (AvgIpc) is 2.93. The first-order valence-corrected chi connectivity index (χ1v) is 12.7. The van der Waals surface area contributed by atoms with Crippen LogP contribution in [0.2, 0.25) is 0 Å². The maximum absolute atomic E-state index is 13.4. The van der Waals surface area contributed by atoms with Gasteiger partial charge in [0.05, 0.1) is 23.5 Å². The zero-order valence-electron chi connectivity index (χ0n) is 22.0. The summed E-state index contributed by atoms with van der Waals surface area (Å²) in [5, 5.41) is 2.97. The van der Waals surface area contributed by atoms with Gasteiger partial charge in [0, 0.05) is 31.7 Å². The fraction of sp³-hybridized carbons (Fsp3) is 0.300. The number of rotatable bonds is 8. The number of hydrogen-bond acceptors (Lipinski definition) is 6. The summed E-state index contributed by atoms with van der Waals surface area (Å²) in [7, 11) is 0. The Morgan fingerprint density at radius 1 is 0.842 bits per heavy atom. The number of carbonyl (C=O) groups excluding carboxylic acids is 3. The molecule has 0 atom stereocenters. The summed E-state index contributed by atoms with van der Waals surface area (Å²) in [5.74, 6) is -0.252. The van der Waals surface area contributed by atoms with Gasteiger partial charge in [-0.25, -0.2) is 4.79 Å². The molecule has 1 aliphatic rings. The summed E-state index contributed by atoms with van der Waals surface area (Å²) < 4.78 is 11.1. The first-order valence-electron chi connectivity index (χ1n) is 12.7. The molecule has 0 unspecified atom stereocenters. The van der Waals surface area contributed by atoms with Crippen LogP contribution in [0.5, 0.6) is 5.75 Å². The van der Waals surface area contributed by atoms with E-state index >= 15 is 0 Å². The largest absolute Gasteiger partial charge is 0.478 e. The van der Waals surface area contributed by atoms with Crippen LogP contribution in [-0.4, -0.2) is 61.1 Å². The molecule has 0 aromatic heterocycles. The lowest BCUT2D eigenvalue weighted by molar-refractivity contribution is -0.128. The number of carbonyl (C=O) groups is 3. The van der Waals surface area contributed by atoms with E-state index in [1.807, 2.05) is 59.5 Å². The van der Waals surface area contributed by atoms with Crippen LogP contribution in [0.15, 0.2) is 78.9 Å². The first-order chi connectivity index (χ1) is 18.3. The highest BCUT2D eigenvalue weighted by atomic mass is 16.5. The summed E-state index contributed by atoms with van der Waals surface area (Å²) in [6.07, 6.45) is 0. The number of anilines is 2. The van der Waals surface area contributed by atoms with Gasteiger partial charge in [-0.15, -0.1) is 0 Å². The van der Waals surface area contributed by atoms with Crippen molar-refractivity contribution >= 4 is 29.2 Å². The maximum atomic E-state index is 13.4. The van der Waals surface area contributed by atoms with E-state index in [-0.39, 0.29) is 18.4 Å². The van der Waals surface area contributed by atoms with Crippen LogP contribution in [0.1, 0.15) is 41.5 Å². The first kappa shape index (κ1) is 26.7. The van der Waals surface area contributed by atoms with Gasteiger partial charge in [0.2, 0.25) is 0 Å². The monoisotopic (exact) mass is 515 g/mol. The van der Waals surface area contributed by atoms with Crippen molar-refractivity contribution in [1.82, 2.24) is 4.90 Å². The molecule has 1 N–H and O–H groups in total. The highest BCUT2D eigenvalue weighted by Gasteiger charge is 2.32. The fourth-order valence-electron chi connectivity index (χ4n) is 4.27. The van der Waals surface area contributed by atoms with Crippen LogP contribution in [0.4, 0.5) is 11.4 Å². The topological polar surface area (TPSA) is 88.2 Å². The molecule has 8 heteroatoms. The van der Waals surface area contributed by atoms with Gasteiger partial charge in [-0.05, 0) is 63.2 Å². The summed E-state index contributed by atoms with van der Waals surface area (Å²) in [6.45, 7) is 7.59. The smallest absolute Gasteiger partial charge is 0.338 e. The fourth-order valence-corrected chi connectivity index (χ4v) is 4.27. The maximum Gasteiger partial charge on any atom is 0.338 e. The summed E-state index contributed by atoms with van der Waals surface area (Å²) >= 11 is 0. The number of piperazine rings is 1. The van der Waals surface area contributed by atoms with E-state index in [4.69, 9.17) is 9.47 Å². The van der Waals surface area contributed by atoms with Gasteiger partial charge in [-0.1, -0.05) is 36.4 Å². The summed E-state index contributed by atoms with van der Waals surface area (Å²) in [6, 6.07) is 23.5. The quantitative estimate of drug-likeness (QED) is 0.441. The van der Waals surface area contributed by atoms with E-state index in [0.717, 1.165) is 5.69 Å². The number of esters is 1. The van der Waals surface area contributed by atoms with Gasteiger partial charge in [-0.2, -0.15) is 0 Å². The molecule has 0 radical (unpaired) electrons. The van der Waals surface area contributed by atoms with Crippen molar-refractivity contribution in [2.75, 3.05) is 43.0 Å². The Morgan fingerprint density at radius 2 is 1.47 bits per heavy atom. The number of para-hydroxylation sites is 1. The average molecular weight is 516 g/mol. The highest BCUT2D eigenvalue weighted by molar-refractivity contribution is 6.01. The normalized spacial score (nSPS) is 13.6. The summed E-state index contributed by atoms with van der Waals surface area (Å²) in [5.41, 5.74) is 1.06. The number of ether oxygens (including phenoxy) is 2. The van der Waals surface area contributed by atoms with E-state index < -0.39 is 11.6 Å². The standard InChI is InChI=1S/C30H33N3O5/c1-4-37-28(35)23-15-16-26(32-17-19-33(20-18-32)27(34)22-11-7-5-8-12-22)25(21-23)31-29(36)30(2,3)38-24-13-9-6-10-14-24/h5-16,21H,4,17-20H2,1-3H3,(H,31,36). The van der Waals surface area contributed by atoms with Crippen molar-refractivity contribution in [2.24, 2.45) is 0 Å². The molecule has 8 nitrogen and oxygen atoms in total. The zero-order chi connectivity index (χ0) is 27.1. The number of nitrogens with one attached hydrogen (secondary N) is 1. The Kier molecular flexibility index (Phi) is 8.31. The van der Waals surface area contributed by atoms with E-state index in [1.54, 1.807) is 45.0 Å². The Balaban J connectivity index is 1.53. The molecular weight excluding hydrogens is 482 g/mol. The molecule has 1 heterocycles. The predicted molar refractivity (Wildman–Crippen MR) is 147 cm³/mol. The second kappa shape index (κ2) is 11.8. The van der Waals surface area contributed by atoms with Crippen molar-refractivity contribution in [2.45, 2.75) is 26.4 Å². The van der Waals surface area contributed by atoms with Gasteiger partial charge in [0.25, 0.3) is 11.8 Å². The molecule has 3 aromatic rings. The van der Waals surface area contributed by atoms with Crippen LogP contribution in [0.25, 0.3) is 0 Å². The van der Waals surface area contributed by atoms with Crippen LogP contribution < -0.4 is 15.0 Å². The molecule has 1 fully saturated rings. The van der Waals surface area contributed by atoms with Crippen LogP contribution in [0.3, 0.4) is 0 Å². The minimum absolute atomic E-state index is 0.00348. The molecule has 0 saturated carbocycles. The lowest BCUT2D eigenvalue weighted by Crippen LogP contribution is -2.49. The van der Waals surface area contributed by atoms with Crippen LogP contribution >= 0.6 is 0 Å². The Morgan fingerprint density at radius 3 is 2.11 bits per heavy atom. The van der Waals surface area contributed by atoms with Gasteiger partial charge in [-0.3, -0.25) is 9.59 Å². The zero-order valence-corrected chi connectivity index (χ0v) is 22.0. The molecule has 1 aliphatic heterocycles. The molecular formula is C30H33N3O5. The lowest BCUT2D eigenvalue weighted by atomic mass is 10.1. The molecule has 4 rings (SSSR count).